The number of aromatic amines is 1. The molecule has 1 fully saturated rings. The molecule has 9 heteroatoms. The Hall–Kier alpha value is -2.62. The largest absolute Gasteiger partial charge is 0.505 e. The van der Waals surface area contributed by atoms with Gasteiger partial charge in [-0.05, 0) is 71.1 Å². The Balaban J connectivity index is 1.49. The van der Waals surface area contributed by atoms with Crippen LogP contribution in [0.15, 0.2) is 42.6 Å². The Labute approximate surface area is 230 Å². The van der Waals surface area contributed by atoms with E-state index in [2.05, 4.69) is 100 Å². The van der Waals surface area contributed by atoms with Crippen molar-refractivity contribution in [3.05, 3.63) is 48.4 Å². The molecule has 4 rings (SSSR count). The summed E-state index contributed by atoms with van der Waals surface area (Å²) in [6.07, 6.45) is 1.34. The zero-order valence-corrected chi connectivity index (χ0v) is 25.0. The number of thiophene rings is 1. The maximum absolute atomic E-state index is 12.5. The van der Waals surface area contributed by atoms with Crippen molar-refractivity contribution in [2.24, 2.45) is 5.41 Å². The molecule has 0 aliphatic carbocycles. The van der Waals surface area contributed by atoms with Gasteiger partial charge in [-0.1, -0.05) is 51.1 Å². The average molecular weight is 538 g/mol. The summed E-state index contributed by atoms with van der Waals surface area (Å²) in [5.74, 6) is 0.688. The SMILES string of the molecule is CC(C)(C)OC(=O)N[C@H](c1ncc(-c2ccc(-c3ccc(B4OC(C)(C)C(C)(C)O4)s3)cc2)[nH]1)C(C)(C)C. The number of imidazole rings is 1. The van der Waals surface area contributed by atoms with E-state index in [-0.39, 0.29) is 29.8 Å². The lowest BCUT2D eigenvalue weighted by atomic mass is 9.86. The number of rotatable bonds is 5. The summed E-state index contributed by atoms with van der Waals surface area (Å²) in [6.45, 7) is 20.0. The number of alkyl carbamates (subject to hydrolysis) is 1. The van der Waals surface area contributed by atoms with Gasteiger partial charge < -0.3 is 24.3 Å². The first-order chi connectivity index (χ1) is 17.5. The van der Waals surface area contributed by atoms with Gasteiger partial charge in [0.15, 0.2) is 0 Å². The lowest BCUT2D eigenvalue weighted by Crippen LogP contribution is -2.41. The lowest BCUT2D eigenvalue weighted by Gasteiger charge is -2.32. The first-order valence-electron chi connectivity index (χ1n) is 13.1. The highest BCUT2D eigenvalue weighted by Crippen LogP contribution is 2.38. The van der Waals surface area contributed by atoms with E-state index in [9.17, 15) is 4.79 Å². The molecule has 0 radical (unpaired) electrons. The Morgan fingerprint density at radius 1 is 0.974 bits per heavy atom. The fraction of sp³-hybridized carbons (Fsp3) is 0.517. The molecular weight excluding hydrogens is 497 g/mol. The van der Waals surface area contributed by atoms with Crippen LogP contribution in [0.25, 0.3) is 21.7 Å². The summed E-state index contributed by atoms with van der Waals surface area (Å²) in [7, 11) is -0.355. The Bertz CT molecular complexity index is 1270. The molecule has 0 spiro atoms. The maximum atomic E-state index is 12.5. The van der Waals surface area contributed by atoms with Gasteiger partial charge >= 0.3 is 13.2 Å². The summed E-state index contributed by atoms with van der Waals surface area (Å²) in [5, 5.41) is 2.99. The highest BCUT2D eigenvalue weighted by Gasteiger charge is 2.52. The molecule has 1 aliphatic rings. The van der Waals surface area contributed by atoms with Crippen molar-refractivity contribution in [2.75, 3.05) is 0 Å². The Kier molecular flexibility index (Phi) is 7.36. The van der Waals surface area contributed by atoms with Crippen molar-refractivity contribution in [1.29, 1.82) is 0 Å². The van der Waals surface area contributed by atoms with Gasteiger partial charge in [-0.2, -0.15) is 0 Å². The van der Waals surface area contributed by atoms with Gasteiger partial charge in [0, 0.05) is 9.65 Å². The Morgan fingerprint density at radius 3 is 2.11 bits per heavy atom. The number of nitrogens with zero attached hydrogens (tertiary/aromatic N) is 1. The van der Waals surface area contributed by atoms with E-state index in [1.165, 1.54) is 0 Å². The number of aromatic nitrogens is 2. The van der Waals surface area contributed by atoms with Crippen molar-refractivity contribution in [2.45, 2.75) is 92.1 Å². The molecule has 3 heterocycles. The monoisotopic (exact) mass is 537 g/mol. The van der Waals surface area contributed by atoms with Crippen LogP contribution >= 0.6 is 11.3 Å². The van der Waals surface area contributed by atoms with Crippen LogP contribution in [0.1, 0.15) is 81.1 Å². The Morgan fingerprint density at radius 2 is 1.55 bits per heavy atom. The van der Waals surface area contributed by atoms with Crippen molar-refractivity contribution in [3.63, 3.8) is 0 Å². The van der Waals surface area contributed by atoms with E-state index in [1.54, 1.807) is 17.5 Å². The molecule has 7 nitrogen and oxygen atoms in total. The first kappa shape index (κ1) is 28.4. The maximum Gasteiger partial charge on any atom is 0.505 e. The molecule has 1 aromatic carbocycles. The van der Waals surface area contributed by atoms with E-state index >= 15 is 0 Å². The van der Waals surface area contributed by atoms with Crippen LogP contribution in [0.3, 0.4) is 0 Å². The number of ether oxygens (including phenoxy) is 1. The zero-order chi connectivity index (χ0) is 28.1. The number of nitrogens with one attached hydrogen (secondary N) is 2. The van der Waals surface area contributed by atoms with E-state index in [4.69, 9.17) is 14.0 Å². The number of carbonyl (C=O) groups is 1. The minimum Gasteiger partial charge on any atom is -0.444 e. The van der Waals surface area contributed by atoms with E-state index in [0.29, 0.717) is 5.82 Å². The average Bonchev–Trinajstić information content (AvgIpc) is 3.49. The summed E-state index contributed by atoms with van der Waals surface area (Å²) >= 11 is 1.68. The second kappa shape index (κ2) is 9.85. The van der Waals surface area contributed by atoms with Crippen LogP contribution < -0.4 is 10.1 Å². The zero-order valence-electron chi connectivity index (χ0n) is 24.2. The number of H-pyrrole nitrogens is 1. The summed E-state index contributed by atoms with van der Waals surface area (Å²) < 4.78 is 19.0. The molecule has 1 amide bonds. The summed E-state index contributed by atoms with van der Waals surface area (Å²) in [5.41, 5.74) is 1.46. The van der Waals surface area contributed by atoms with Crippen LogP contribution in [0.5, 0.6) is 0 Å². The molecule has 2 N–H and O–H groups in total. The topological polar surface area (TPSA) is 85.5 Å². The second-order valence-corrected chi connectivity index (χ2v) is 14.1. The van der Waals surface area contributed by atoms with E-state index in [1.807, 2.05) is 20.8 Å². The smallest absolute Gasteiger partial charge is 0.444 e. The summed E-state index contributed by atoms with van der Waals surface area (Å²) in [6, 6.07) is 12.2. The van der Waals surface area contributed by atoms with Crippen LogP contribution in [0.4, 0.5) is 4.79 Å². The van der Waals surface area contributed by atoms with Crippen LogP contribution in [-0.2, 0) is 14.0 Å². The fourth-order valence-electron chi connectivity index (χ4n) is 4.16. The number of carbonyl (C=O) groups excluding carboxylic acids is 1. The fourth-order valence-corrected chi connectivity index (χ4v) is 5.13. The molecule has 1 atom stereocenters. The normalized spacial score (nSPS) is 17.9. The van der Waals surface area contributed by atoms with Gasteiger partial charge in [0.1, 0.15) is 11.4 Å². The van der Waals surface area contributed by atoms with Crippen molar-refractivity contribution in [3.8, 4) is 21.7 Å². The second-order valence-electron chi connectivity index (χ2n) is 13.0. The molecule has 2 aromatic heterocycles. The van der Waals surface area contributed by atoms with Gasteiger partial charge in [-0.15, -0.1) is 11.3 Å². The minimum atomic E-state index is -0.573. The van der Waals surface area contributed by atoms with Crippen molar-refractivity contribution >= 4 is 29.3 Å². The van der Waals surface area contributed by atoms with Crippen molar-refractivity contribution in [1.82, 2.24) is 15.3 Å². The standard InChI is InChI=1S/C29H40BN3O4S/c1-26(2,3)23(33-25(34)35-27(4,5)6)24-31-17-20(32-24)18-11-13-19(14-12-18)21-15-16-22(38-21)30-36-28(7,8)29(9,10)37-30/h11-17,23H,1-10H3,(H,31,32)(H,33,34)/t23-/m1/s1. The third-order valence-electron chi connectivity index (χ3n) is 6.99. The third-order valence-corrected chi connectivity index (χ3v) is 8.14. The quantitative estimate of drug-likeness (QED) is 0.353. The van der Waals surface area contributed by atoms with E-state index in [0.717, 1.165) is 26.5 Å². The van der Waals surface area contributed by atoms with Crippen LogP contribution in [0, 0.1) is 5.41 Å². The molecule has 0 unspecified atom stereocenters. The van der Waals surface area contributed by atoms with Gasteiger partial charge in [0.25, 0.3) is 0 Å². The number of hydrogen-bond acceptors (Lipinski definition) is 6. The number of amides is 1. The minimum absolute atomic E-state index is 0.274. The molecule has 1 aliphatic heterocycles. The van der Waals surface area contributed by atoms with Gasteiger partial charge in [0.2, 0.25) is 0 Å². The van der Waals surface area contributed by atoms with E-state index < -0.39 is 11.7 Å². The van der Waals surface area contributed by atoms with Crippen molar-refractivity contribution < 1.29 is 18.8 Å². The number of benzene rings is 1. The number of hydrogen-bond donors (Lipinski definition) is 2. The predicted molar refractivity (Wildman–Crippen MR) is 155 cm³/mol. The molecule has 1 saturated heterocycles. The lowest BCUT2D eigenvalue weighted by molar-refractivity contribution is 0.00578. The van der Waals surface area contributed by atoms with Crippen LogP contribution in [0.2, 0.25) is 0 Å². The summed E-state index contributed by atoms with van der Waals surface area (Å²) in [4.78, 5) is 21.7. The molecule has 204 valence electrons. The van der Waals surface area contributed by atoms with Crippen LogP contribution in [-0.4, -0.2) is 40.0 Å². The van der Waals surface area contributed by atoms with Gasteiger partial charge in [-0.3, -0.25) is 0 Å². The first-order valence-corrected chi connectivity index (χ1v) is 13.9. The highest BCUT2D eigenvalue weighted by molar-refractivity contribution is 7.25. The highest BCUT2D eigenvalue weighted by atomic mass is 32.1. The third kappa shape index (κ3) is 6.16. The van der Waals surface area contributed by atoms with Gasteiger partial charge in [0.05, 0.1) is 29.1 Å². The predicted octanol–water partition coefficient (Wildman–Crippen LogP) is 6.72. The molecule has 38 heavy (non-hydrogen) atoms. The van der Waals surface area contributed by atoms with Gasteiger partial charge in [-0.25, -0.2) is 9.78 Å². The molecular formula is C29H40BN3O4S. The molecule has 0 saturated carbocycles. The molecule has 3 aromatic rings. The molecule has 0 bridgehead atoms.